The summed E-state index contributed by atoms with van der Waals surface area (Å²) in [7, 11) is 0.171. The van der Waals surface area contributed by atoms with E-state index in [4.69, 9.17) is 4.74 Å². The monoisotopic (exact) mass is 279 g/mol. The fourth-order valence-electron chi connectivity index (χ4n) is 2.22. The number of piperidine rings is 1. The number of nitrogens with one attached hydrogen (secondary N) is 2. The van der Waals surface area contributed by atoms with Gasteiger partial charge in [0.15, 0.2) is 0 Å². The summed E-state index contributed by atoms with van der Waals surface area (Å²) in [5, 5.41) is 3.23. The van der Waals surface area contributed by atoms with Crippen molar-refractivity contribution in [1.29, 1.82) is 0 Å². The van der Waals surface area contributed by atoms with E-state index in [9.17, 15) is 8.42 Å². The van der Waals surface area contributed by atoms with Gasteiger partial charge in [0.05, 0.1) is 6.61 Å². The van der Waals surface area contributed by atoms with Gasteiger partial charge in [-0.2, -0.15) is 17.4 Å². The molecule has 108 valence electrons. The van der Waals surface area contributed by atoms with Gasteiger partial charge < -0.3 is 10.1 Å². The van der Waals surface area contributed by atoms with Gasteiger partial charge in [0.25, 0.3) is 10.2 Å². The smallest absolute Gasteiger partial charge is 0.279 e. The molecule has 1 aliphatic heterocycles. The van der Waals surface area contributed by atoms with Crippen molar-refractivity contribution in [1.82, 2.24) is 14.3 Å². The van der Waals surface area contributed by atoms with Crippen molar-refractivity contribution < 1.29 is 13.2 Å². The van der Waals surface area contributed by atoms with Gasteiger partial charge in [-0.05, 0) is 32.7 Å². The van der Waals surface area contributed by atoms with Crippen molar-refractivity contribution in [3.8, 4) is 0 Å². The van der Waals surface area contributed by atoms with E-state index < -0.39 is 10.2 Å². The highest BCUT2D eigenvalue weighted by Gasteiger charge is 2.29. The van der Waals surface area contributed by atoms with E-state index in [0.717, 1.165) is 12.8 Å². The number of hydrogen-bond donors (Lipinski definition) is 2. The predicted molar refractivity (Wildman–Crippen MR) is 71.6 cm³/mol. The zero-order valence-electron chi connectivity index (χ0n) is 11.5. The third-order valence-electron chi connectivity index (χ3n) is 3.59. The maximum Gasteiger partial charge on any atom is 0.279 e. The summed E-state index contributed by atoms with van der Waals surface area (Å²) >= 11 is 0. The molecule has 0 aromatic rings. The van der Waals surface area contributed by atoms with Crippen LogP contribution in [0, 0.1) is 5.92 Å². The molecule has 0 amide bonds. The van der Waals surface area contributed by atoms with Crippen molar-refractivity contribution >= 4 is 10.2 Å². The molecule has 0 bridgehead atoms. The zero-order valence-corrected chi connectivity index (χ0v) is 12.3. The van der Waals surface area contributed by atoms with E-state index in [1.54, 1.807) is 7.11 Å². The first kappa shape index (κ1) is 15.8. The van der Waals surface area contributed by atoms with Gasteiger partial charge in [-0.3, -0.25) is 0 Å². The number of nitrogens with zero attached hydrogens (tertiary/aromatic N) is 1. The fraction of sp³-hybridized carbons (Fsp3) is 1.00. The minimum Gasteiger partial charge on any atom is -0.383 e. The van der Waals surface area contributed by atoms with Crippen molar-refractivity contribution in [3.63, 3.8) is 0 Å². The standard InChI is InChI=1S/C11H25N3O3S/c1-10(12-2)11-4-7-14(8-5-11)18(15,16)13-6-9-17-3/h10-13H,4-9H2,1-3H3. The maximum absolute atomic E-state index is 12.0. The summed E-state index contributed by atoms with van der Waals surface area (Å²) in [6, 6.07) is 0.441. The Morgan fingerprint density at radius 1 is 1.39 bits per heavy atom. The molecule has 0 spiro atoms. The summed E-state index contributed by atoms with van der Waals surface area (Å²) in [5.41, 5.74) is 0. The third kappa shape index (κ3) is 4.47. The lowest BCUT2D eigenvalue weighted by atomic mass is 9.91. The first-order valence-electron chi connectivity index (χ1n) is 6.42. The summed E-state index contributed by atoms with van der Waals surface area (Å²) < 4.78 is 32.8. The molecule has 2 N–H and O–H groups in total. The molecule has 18 heavy (non-hydrogen) atoms. The highest BCUT2D eigenvalue weighted by Crippen LogP contribution is 2.21. The lowest BCUT2D eigenvalue weighted by Crippen LogP contribution is -2.48. The SMILES string of the molecule is CNC(C)C1CCN(S(=O)(=O)NCCOC)CC1. The Kier molecular flexibility index (Phi) is 6.51. The molecule has 0 aliphatic carbocycles. The molecule has 1 rings (SSSR count). The van der Waals surface area contributed by atoms with Crippen LogP contribution in [-0.4, -0.2) is 59.2 Å². The van der Waals surface area contributed by atoms with Crippen molar-refractivity contribution in [2.24, 2.45) is 5.92 Å². The van der Waals surface area contributed by atoms with Crippen LogP contribution in [0.1, 0.15) is 19.8 Å². The number of methoxy groups -OCH3 is 1. The Hall–Kier alpha value is -0.210. The molecule has 0 aromatic heterocycles. The van der Waals surface area contributed by atoms with Gasteiger partial charge >= 0.3 is 0 Å². The minimum atomic E-state index is -3.33. The van der Waals surface area contributed by atoms with Crippen molar-refractivity contribution in [3.05, 3.63) is 0 Å². The average Bonchev–Trinajstić information content (AvgIpc) is 2.38. The molecule has 1 saturated heterocycles. The van der Waals surface area contributed by atoms with Gasteiger partial charge in [-0.1, -0.05) is 0 Å². The first-order valence-corrected chi connectivity index (χ1v) is 7.86. The summed E-state index contributed by atoms with van der Waals surface area (Å²) in [5.74, 6) is 0.556. The van der Waals surface area contributed by atoms with E-state index in [1.807, 2.05) is 7.05 Å². The zero-order chi connectivity index (χ0) is 13.6. The van der Waals surface area contributed by atoms with Gasteiger partial charge in [0.1, 0.15) is 0 Å². The van der Waals surface area contributed by atoms with Crippen LogP contribution in [-0.2, 0) is 14.9 Å². The first-order chi connectivity index (χ1) is 8.51. The average molecular weight is 279 g/mol. The molecule has 1 heterocycles. The number of rotatable bonds is 7. The van der Waals surface area contributed by atoms with Crippen LogP contribution in [0.2, 0.25) is 0 Å². The van der Waals surface area contributed by atoms with E-state index in [0.29, 0.717) is 38.2 Å². The van der Waals surface area contributed by atoms with Crippen LogP contribution in [0.3, 0.4) is 0 Å². The van der Waals surface area contributed by atoms with Crippen molar-refractivity contribution in [2.75, 3.05) is 40.4 Å². The Morgan fingerprint density at radius 3 is 2.50 bits per heavy atom. The molecule has 1 unspecified atom stereocenters. The van der Waals surface area contributed by atoms with E-state index >= 15 is 0 Å². The van der Waals surface area contributed by atoms with Crippen LogP contribution in [0.5, 0.6) is 0 Å². The van der Waals surface area contributed by atoms with E-state index in [1.165, 1.54) is 4.31 Å². The molecule has 0 saturated carbocycles. The molecule has 7 heteroatoms. The third-order valence-corrected chi connectivity index (χ3v) is 5.21. The second-order valence-electron chi connectivity index (χ2n) is 4.71. The maximum atomic E-state index is 12.0. The molecule has 1 atom stereocenters. The quantitative estimate of drug-likeness (QED) is 0.633. The lowest BCUT2D eigenvalue weighted by molar-refractivity contribution is 0.202. The molecule has 0 aromatic carbocycles. The van der Waals surface area contributed by atoms with Crippen LogP contribution in [0.15, 0.2) is 0 Å². The Morgan fingerprint density at radius 2 is 2.00 bits per heavy atom. The molecular formula is C11H25N3O3S. The Labute approximate surface area is 110 Å². The summed E-state index contributed by atoms with van der Waals surface area (Å²) in [4.78, 5) is 0. The highest BCUT2D eigenvalue weighted by molar-refractivity contribution is 7.87. The topological polar surface area (TPSA) is 70.7 Å². The summed E-state index contributed by atoms with van der Waals surface area (Å²) in [6.07, 6.45) is 1.82. The highest BCUT2D eigenvalue weighted by atomic mass is 32.2. The van der Waals surface area contributed by atoms with Gasteiger partial charge in [-0.25, -0.2) is 0 Å². The fourth-order valence-corrected chi connectivity index (χ4v) is 3.43. The van der Waals surface area contributed by atoms with E-state index in [-0.39, 0.29) is 0 Å². The predicted octanol–water partition coefficient (Wildman–Crippen LogP) is -0.213. The molecular weight excluding hydrogens is 254 g/mol. The van der Waals surface area contributed by atoms with E-state index in [2.05, 4.69) is 17.0 Å². The van der Waals surface area contributed by atoms with Crippen LogP contribution >= 0.6 is 0 Å². The number of hydrogen-bond acceptors (Lipinski definition) is 4. The largest absolute Gasteiger partial charge is 0.383 e. The minimum absolute atomic E-state index is 0.325. The lowest BCUT2D eigenvalue weighted by Gasteiger charge is -2.33. The normalized spacial score (nSPS) is 21.1. The Balaban J connectivity index is 2.41. The van der Waals surface area contributed by atoms with Gasteiger partial charge in [-0.15, -0.1) is 0 Å². The van der Waals surface area contributed by atoms with Gasteiger partial charge in [0.2, 0.25) is 0 Å². The van der Waals surface area contributed by atoms with Gasteiger partial charge in [0, 0.05) is 32.8 Å². The number of ether oxygens (including phenoxy) is 1. The van der Waals surface area contributed by atoms with Crippen LogP contribution in [0.25, 0.3) is 0 Å². The van der Waals surface area contributed by atoms with Crippen LogP contribution < -0.4 is 10.0 Å². The van der Waals surface area contributed by atoms with Crippen molar-refractivity contribution in [2.45, 2.75) is 25.8 Å². The molecule has 1 aliphatic rings. The molecule has 1 fully saturated rings. The molecule has 6 nitrogen and oxygen atoms in total. The Bertz CT molecular complexity index is 326. The second kappa shape index (κ2) is 7.40. The second-order valence-corrected chi connectivity index (χ2v) is 6.46. The summed E-state index contributed by atoms with van der Waals surface area (Å²) in [6.45, 7) is 4.06. The molecule has 0 radical (unpaired) electrons. The van der Waals surface area contributed by atoms with Crippen LogP contribution in [0.4, 0.5) is 0 Å².